The van der Waals surface area contributed by atoms with Gasteiger partial charge in [-0.3, -0.25) is 4.79 Å². The summed E-state index contributed by atoms with van der Waals surface area (Å²) in [7, 11) is 0. The highest BCUT2D eigenvalue weighted by Crippen LogP contribution is 2.20. The molecule has 1 aliphatic rings. The molecular weight excluding hydrogens is 272 g/mol. The molecule has 1 N–H and O–H groups in total. The van der Waals surface area contributed by atoms with Crippen LogP contribution in [0.25, 0.3) is 0 Å². The lowest BCUT2D eigenvalue weighted by atomic mass is 10.00. The first-order valence-corrected chi connectivity index (χ1v) is 7.72. The van der Waals surface area contributed by atoms with Gasteiger partial charge in [0.05, 0.1) is 0 Å². The van der Waals surface area contributed by atoms with E-state index in [1.165, 1.54) is 6.42 Å². The van der Waals surface area contributed by atoms with Gasteiger partial charge in [0.2, 0.25) is 5.91 Å². The smallest absolute Gasteiger partial charge is 0.224 e. The molecule has 1 fully saturated rings. The van der Waals surface area contributed by atoms with Crippen LogP contribution in [0, 0.1) is 12.8 Å². The van der Waals surface area contributed by atoms with E-state index in [4.69, 9.17) is 11.6 Å². The zero-order valence-corrected chi connectivity index (χ0v) is 13.0. The highest BCUT2D eigenvalue weighted by atomic mass is 35.5. The number of nitrogens with zero attached hydrogens (tertiary/aromatic N) is 1. The van der Waals surface area contributed by atoms with E-state index in [0.717, 1.165) is 35.8 Å². The summed E-state index contributed by atoms with van der Waals surface area (Å²) in [6.07, 6.45) is 2.91. The summed E-state index contributed by atoms with van der Waals surface area (Å²) in [5, 5.41) is 4.02. The molecule has 1 amide bonds. The second-order valence-corrected chi connectivity index (χ2v) is 6.14. The van der Waals surface area contributed by atoms with E-state index in [9.17, 15) is 4.79 Å². The van der Waals surface area contributed by atoms with Crippen molar-refractivity contribution in [2.24, 2.45) is 5.92 Å². The quantitative estimate of drug-likeness (QED) is 0.918. The summed E-state index contributed by atoms with van der Waals surface area (Å²) < 4.78 is 0. The van der Waals surface area contributed by atoms with E-state index >= 15 is 0 Å². The van der Waals surface area contributed by atoms with Gasteiger partial charge in [-0.15, -0.1) is 0 Å². The molecule has 1 aromatic rings. The van der Waals surface area contributed by atoms with Gasteiger partial charge in [0.15, 0.2) is 0 Å². The van der Waals surface area contributed by atoms with Crippen LogP contribution in [0.5, 0.6) is 0 Å². The summed E-state index contributed by atoms with van der Waals surface area (Å²) in [5.41, 5.74) is 2.04. The highest BCUT2D eigenvalue weighted by molar-refractivity contribution is 6.31. The average molecular weight is 295 g/mol. The van der Waals surface area contributed by atoms with Crippen molar-refractivity contribution in [2.45, 2.75) is 33.1 Å². The van der Waals surface area contributed by atoms with E-state index in [-0.39, 0.29) is 5.91 Å². The third-order valence-electron chi connectivity index (χ3n) is 3.85. The normalized spacial score (nSPS) is 18.9. The molecule has 1 unspecified atom stereocenters. The molecular formula is C16H23ClN2O. The van der Waals surface area contributed by atoms with Crippen LogP contribution in [-0.4, -0.2) is 30.4 Å². The number of carbonyl (C=O) groups is 1. The van der Waals surface area contributed by atoms with E-state index in [2.05, 4.69) is 12.2 Å². The van der Waals surface area contributed by atoms with Crippen molar-refractivity contribution in [1.29, 1.82) is 0 Å². The van der Waals surface area contributed by atoms with E-state index < -0.39 is 0 Å². The molecule has 1 aromatic carbocycles. The zero-order chi connectivity index (χ0) is 14.5. The lowest BCUT2D eigenvalue weighted by Crippen LogP contribution is -2.39. The standard InChI is InChI=1S/C16H23ClN2O/c1-12-4-3-9-19(11-12)16(20)7-8-18-14-6-5-13(2)15(17)10-14/h5-6,10,12,18H,3-4,7-9,11H2,1-2H3. The van der Waals surface area contributed by atoms with Crippen LogP contribution in [0.2, 0.25) is 5.02 Å². The molecule has 1 heterocycles. The summed E-state index contributed by atoms with van der Waals surface area (Å²) in [6, 6.07) is 5.89. The topological polar surface area (TPSA) is 32.3 Å². The van der Waals surface area contributed by atoms with Gasteiger partial charge >= 0.3 is 0 Å². The number of likely N-dealkylation sites (tertiary alicyclic amines) is 1. The first-order chi connectivity index (χ1) is 9.56. The van der Waals surface area contributed by atoms with Gasteiger partial charge in [-0.05, 0) is 43.4 Å². The Labute approximate surface area is 126 Å². The molecule has 0 bridgehead atoms. The summed E-state index contributed by atoms with van der Waals surface area (Å²) in [4.78, 5) is 14.1. The number of nitrogens with one attached hydrogen (secondary N) is 1. The van der Waals surface area contributed by atoms with Gasteiger partial charge < -0.3 is 10.2 Å². The van der Waals surface area contributed by atoms with Gasteiger partial charge in [-0.2, -0.15) is 0 Å². The fourth-order valence-corrected chi connectivity index (χ4v) is 2.77. The number of anilines is 1. The molecule has 3 nitrogen and oxygen atoms in total. The van der Waals surface area contributed by atoms with Crippen molar-refractivity contribution < 1.29 is 4.79 Å². The fourth-order valence-electron chi connectivity index (χ4n) is 2.59. The Balaban J connectivity index is 1.77. The largest absolute Gasteiger partial charge is 0.384 e. The molecule has 0 aromatic heterocycles. The van der Waals surface area contributed by atoms with Crippen LogP contribution in [0.4, 0.5) is 5.69 Å². The SMILES string of the molecule is Cc1ccc(NCCC(=O)N2CCCC(C)C2)cc1Cl. The molecule has 20 heavy (non-hydrogen) atoms. The first-order valence-electron chi connectivity index (χ1n) is 7.34. The predicted octanol–water partition coefficient (Wildman–Crippen LogP) is 3.71. The van der Waals surface area contributed by atoms with Crippen LogP contribution in [0.3, 0.4) is 0 Å². The Morgan fingerprint density at radius 2 is 2.30 bits per heavy atom. The number of hydrogen-bond acceptors (Lipinski definition) is 2. The van der Waals surface area contributed by atoms with E-state index in [1.807, 2.05) is 30.0 Å². The number of amides is 1. The number of benzene rings is 1. The molecule has 0 spiro atoms. The van der Waals surface area contributed by atoms with Crippen molar-refractivity contribution in [1.82, 2.24) is 4.90 Å². The number of rotatable bonds is 4. The van der Waals surface area contributed by atoms with Gasteiger partial charge in [-0.25, -0.2) is 0 Å². The lowest BCUT2D eigenvalue weighted by molar-refractivity contribution is -0.132. The molecule has 1 atom stereocenters. The first kappa shape index (κ1) is 15.2. The summed E-state index contributed by atoms with van der Waals surface area (Å²) in [6.45, 7) is 6.68. The van der Waals surface area contributed by atoms with Crippen LogP contribution in [-0.2, 0) is 4.79 Å². The molecule has 1 aliphatic heterocycles. The van der Waals surface area contributed by atoms with Crippen molar-refractivity contribution in [2.75, 3.05) is 25.0 Å². The zero-order valence-electron chi connectivity index (χ0n) is 12.3. The Hall–Kier alpha value is -1.22. The minimum absolute atomic E-state index is 0.252. The maximum absolute atomic E-state index is 12.1. The minimum Gasteiger partial charge on any atom is -0.384 e. The number of carbonyl (C=O) groups excluding carboxylic acids is 1. The Morgan fingerprint density at radius 1 is 1.50 bits per heavy atom. The van der Waals surface area contributed by atoms with Crippen molar-refractivity contribution in [3.05, 3.63) is 28.8 Å². The summed E-state index contributed by atoms with van der Waals surface area (Å²) in [5.74, 6) is 0.888. The number of piperidine rings is 1. The molecule has 4 heteroatoms. The van der Waals surface area contributed by atoms with Crippen molar-refractivity contribution >= 4 is 23.2 Å². The second-order valence-electron chi connectivity index (χ2n) is 5.73. The van der Waals surface area contributed by atoms with Gasteiger partial charge in [0.1, 0.15) is 0 Å². The average Bonchev–Trinajstić information content (AvgIpc) is 2.42. The fraction of sp³-hybridized carbons (Fsp3) is 0.562. The van der Waals surface area contributed by atoms with Crippen LogP contribution < -0.4 is 5.32 Å². The lowest BCUT2D eigenvalue weighted by Gasteiger charge is -2.31. The van der Waals surface area contributed by atoms with E-state index in [1.54, 1.807) is 0 Å². The minimum atomic E-state index is 0.252. The maximum atomic E-state index is 12.1. The Bertz CT molecular complexity index is 476. The molecule has 1 saturated heterocycles. The van der Waals surface area contributed by atoms with E-state index in [0.29, 0.717) is 18.9 Å². The maximum Gasteiger partial charge on any atom is 0.224 e. The third-order valence-corrected chi connectivity index (χ3v) is 4.26. The molecule has 2 rings (SSSR count). The molecule has 0 radical (unpaired) electrons. The van der Waals surface area contributed by atoms with Gasteiger partial charge in [0.25, 0.3) is 0 Å². The van der Waals surface area contributed by atoms with Crippen molar-refractivity contribution in [3.63, 3.8) is 0 Å². The van der Waals surface area contributed by atoms with Crippen LogP contribution >= 0.6 is 11.6 Å². The number of aryl methyl sites for hydroxylation is 1. The summed E-state index contributed by atoms with van der Waals surface area (Å²) >= 11 is 6.08. The molecule has 110 valence electrons. The third kappa shape index (κ3) is 4.14. The number of hydrogen-bond donors (Lipinski definition) is 1. The molecule has 0 aliphatic carbocycles. The Morgan fingerprint density at radius 3 is 3.00 bits per heavy atom. The molecule has 0 saturated carbocycles. The number of halogens is 1. The van der Waals surface area contributed by atoms with Gasteiger partial charge in [0, 0.05) is 36.8 Å². The van der Waals surface area contributed by atoms with Gasteiger partial charge in [-0.1, -0.05) is 24.6 Å². The predicted molar refractivity (Wildman–Crippen MR) is 84.3 cm³/mol. The highest BCUT2D eigenvalue weighted by Gasteiger charge is 2.20. The monoisotopic (exact) mass is 294 g/mol. The Kier molecular flexibility index (Phi) is 5.30. The second kappa shape index (κ2) is 6.98. The van der Waals surface area contributed by atoms with Crippen molar-refractivity contribution in [3.8, 4) is 0 Å². The van der Waals surface area contributed by atoms with Crippen LogP contribution in [0.1, 0.15) is 31.7 Å². The van der Waals surface area contributed by atoms with Crippen LogP contribution in [0.15, 0.2) is 18.2 Å².